The molecule has 4 nitrogen and oxygen atoms in total. The van der Waals surface area contributed by atoms with Crippen molar-refractivity contribution in [2.45, 2.75) is 50.7 Å². The van der Waals surface area contributed by atoms with E-state index >= 15 is 4.39 Å². The molecule has 2 aromatic carbocycles. The third-order valence-corrected chi connectivity index (χ3v) is 7.35. The van der Waals surface area contributed by atoms with Gasteiger partial charge in [0, 0.05) is 31.1 Å². The third kappa shape index (κ3) is 5.06. The number of halogens is 2. The summed E-state index contributed by atoms with van der Waals surface area (Å²) in [4.78, 5) is 15.3. The molecule has 0 bridgehead atoms. The van der Waals surface area contributed by atoms with Gasteiger partial charge in [-0.15, -0.1) is 0 Å². The van der Waals surface area contributed by atoms with Crippen LogP contribution in [0.1, 0.15) is 53.6 Å². The Kier molecular flexibility index (Phi) is 6.12. The van der Waals surface area contributed by atoms with Crippen molar-refractivity contribution in [3.63, 3.8) is 0 Å². The minimum atomic E-state index is -1.34. The Morgan fingerprint density at radius 2 is 1.82 bits per heavy atom. The number of methoxy groups -OCH3 is 1. The summed E-state index contributed by atoms with van der Waals surface area (Å²) in [5.41, 5.74) is 1.27. The maximum atomic E-state index is 15.7. The number of hydrogen-bond acceptors (Lipinski definition) is 4. The highest BCUT2D eigenvalue weighted by molar-refractivity contribution is 6.03. The van der Waals surface area contributed by atoms with Crippen LogP contribution in [0.3, 0.4) is 0 Å². The fraction of sp³-hybridized carbons (Fsp3) is 0.519. The second-order valence-electron chi connectivity index (χ2n) is 9.94. The molecule has 1 aliphatic heterocycles. The molecule has 0 spiro atoms. The number of alkyl halides is 1. The largest absolute Gasteiger partial charge is 0.493 e. The molecule has 1 saturated carbocycles. The van der Waals surface area contributed by atoms with Gasteiger partial charge in [0.05, 0.1) is 13.7 Å². The molecule has 3 aliphatic rings. The van der Waals surface area contributed by atoms with Crippen molar-refractivity contribution in [3.8, 4) is 11.5 Å². The van der Waals surface area contributed by atoms with Gasteiger partial charge in [0.25, 0.3) is 0 Å². The summed E-state index contributed by atoms with van der Waals surface area (Å²) in [6.45, 7) is 2.60. The molecule has 1 unspecified atom stereocenters. The predicted octanol–water partition coefficient (Wildman–Crippen LogP) is 5.37. The predicted molar refractivity (Wildman–Crippen MR) is 122 cm³/mol. The van der Waals surface area contributed by atoms with Crippen LogP contribution < -0.4 is 9.47 Å². The molecule has 5 rings (SSSR count). The second kappa shape index (κ2) is 9.05. The highest BCUT2D eigenvalue weighted by Gasteiger charge is 2.42. The van der Waals surface area contributed by atoms with Gasteiger partial charge in [-0.1, -0.05) is 12.1 Å². The van der Waals surface area contributed by atoms with Gasteiger partial charge in [0.2, 0.25) is 0 Å². The lowest BCUT2D eigenvalue weighted by Crippen LogP contribution is -2.42. The van der Waals surface area contributed by atoms with Crippen LogP contribution in [0, 0.1) is 17.7 Å². The fourth-order valence-electron chi connectivity index (χ4n) is 5.11. The summed E-state index contributed by atoms with van der Waals surface area (Å²) in [6.07, 6.45) is 4.01. The van der Waals surface area contributed by atoms with Crippen molar-refractivity contribution < 1.29 is 23.0 Å². The summed E-state index contributed by atoms with van der Waals surface area (Å²) in [5, 5.41) is 0. The first-order valence-corrected chi connectivity index (χ1v) is 12.0. The van der Waals surface area contributed by atoms with E-state index in [1.807, 2.05) is 6.07 Å². The zero-order chi connectivity index (χ0) is 23.0. The van der Waals surface area contributed by atoms with E-state index in [-0.39, 0.29) is 23.9 Å². The first-order valence-electron chi connectivity index (χ1n) is 12.0. The minimum Gasteiger partial charge on any atom is -0.493 e. The molecule has 2 fully saturated rings. The number of carbonyl (C=O) groups is 1. The number of Topliss-reactive ketones (excluding diaryl/α,β-unsaturated/α-hetero) is 1. The Labute approximate surface area is 193 Å². The van der Waals surface area contributed by atoms with Gasteiger partial charge in [-0.2, -0.15) is 0 Å². The molecule has 0 amide bonds. The van der Waals surface area contributed by atoms with Crippen LogP contribution >= 0.6 is 0 Å². The van der Waals surface area contributed by atoms with Crippen LogP contribution in [0.25, 0.3) is 0 Å². The molecular weight excluding hydrogens is 424 g/mol. The number of piperidine rings is 1. The fourth-order valence-corrected chi connectivity index (χ4v) is 5.11. The van der Waals surface area contributed by atoms with Crippen molar-refractivity contribution in [1.29, 1.82) is 0 Å². The highest BCUT2D eigenvalue weighted by Crippen LogP contribution is 2.42. The topological polar surface area (TPSA) is 38.8 Å². The number of nitrogens with zero attached hydrogens (tertiary/aromatic N) is 1. The van der Waals surface area contributed by atoms with Crippen molar-refractivity contribution in [2.75, 3.05) is 26.8 Å². The second-order valence-corrected chi connectivity index (χ2v) is 9.94. The van der Waals surface area contributed by atoms with Gasteiger partial charge in [-0.25, -0.2) is 8.78 Å². The maximum Gasteiger partial charge on any atom is 0.166 e. The Balaban J connectivity index is 1.20. The van der Waals surface area contributed by atoms with Crippen LogP contribution in [0.2, 0.25) is 0 Å². The van der Waals surface area contributed by atoms with Crippen molar-refractivity contribution >= 4 is 5.78 Å². The average molecular weight is 456 g/mol. The van der Waals surface area contributed by atoms with E-state index in [1.165, 1.54) is 25.0 Å². The summed E-state index contributed by atoms with van der Waals surface area (Å²) in [5.74, 6) is 1.30. The number of rotatable bonds is 8. The van der Waals surface area contributed by atoms with Gasteiger partial charge in [0.1, 0.15) is 11.5 Å². The zero-order valence-corrected chi connectivity index (χ0v) is 19.1. The molecule has 0 N–H and O–H groups in total. The number of ether oxygens (including phenoxy) is 2. The maximum absolute atomic E-state index is 15.7. The van der Waals surface area contributed by atoms with Crippen molar-refractivity contribution in [1.82, 2.24) is 4.90 Å². The van der Waals surface area contributed by atoms with Crippen LogP contribution in [-0.2, 0) is 13.0 Å². The lowest BCUT2D eigenvalue weighted by atomic mass is 9.82. The third-order valence-electron chi connectivity index (χ3n) is 7.35. The average Bonchev–Trinajstić information content (AvgIpc) is 3.60. The summed E-state index contributed by atoms with van der Waals surface area (Å²) in [6, 6.07) is 10.2. The highest BCUT2D eigenvalue weighted by atomic mass is 19.1. The van der Waals surface area contributed by atoms with Gasteiger partial charge in [-0.3, -0.25) is 9.69 Å². The summed E-state index contributed by atoms with van der Waals surface area (Å²) >= 11 is 0. The molecule has 33 heavy (non-hydrogen) atoms. The normalized spacial score (nSPS) is 22.3. The monoisotopic (exact) mass is 455 g/mol. The smallest absolute Gasteiger partial charge is 0.166 e. The molecule has 0 radical (unpaired) electrons. The van der Waals surface area contributed by atoms with Crippen LogP contribution in [0.5, 0.6) is 11.5 Å². The van der Waals surface area contributed by atoms with E-state index < -0.39 is 5.67 Å². The Morgan fingerprint density at radius 3 is 2.48 bits per heavy atom. The van der Waals surface area contributed by atoms with Gasteiger partial charge >= 0.3 is 0 Å². The Bertz CT molecular complexity index is 1010. The number of hydrogen-bond donors (Lipinski definition) is 0. The lowest BCUT2D eigenvalue weighted by Gasteiger charge is -2.37. The molecule has 1 saturated heterocycles. The molecule has 1 atom stereocenters. The first kappa shape index (κ1) is 22.3. The van der Waals surface area contributed by atoms with Crippen molar-refractivity contribution in [3.05, 3.63) is 58.9 Å². The number of ketones is 1. The number of fused-ring (bicyclic) bond motifs is 1. The van der Waals surface area contributed by atoms with Gasteiger partial charge < -0.3 is 9.47 Å². The van der Waals surface area contributed by atoms with Crippen LogP contribution in [0.4, 0.5) is 8.78 Å². The van der Waals surface area contributed by atoms with E-state index in [0.29, 0.717) is 68.5 Å². The van der Waals surface area contributed by atoms with E-state index in [1.54, 1.807) is 25.3 Å². The van der Waals surface area contributed by atoms with Crippen LogP contribution in [0.15, 0.2) is 36.4 Å². The van der Waals surface area contributed by atoms with Crippen LogP contribution in [-0.4, -0.2) is 43.2 Å². The summed E-state index contributed by atoms with van der Waals surface area (Å²) < 4.78 is 40.3. The molecular formula is C27H31F2NO3. The molecule has 1 heterocycles. The number of likely N-dealkylation sites (tertiary alicyclic amines) is 1. The quantitative estimate of drug-likeness (QED) is 0.536. The Hall–Kier alpha value is -2.47. The summed E-state index contributed by atoms with van der Waals surface area (Å²) in [7, 11) is 1.61. The van der Waals surface area contributed by atoms with Crippen molar-refractivity contribution in [2.24, 2.45) is 11.8 Å². The Morgan fingerprint density at radius 1 is 1.09 bits per heavy atom. The van der Waals surface area contributed by atoms with Gasteiger partial charge in [0.15, 0.2) is 17.3 Å². The number of carbonyl (C=O) groups excluding carboxylic acids is 1. The standard InChI is InChI=1S/C27H31F2NO3/c1-32-24-13-20-12-21(26(31)23(20)14-25(24)33-17-19-2-3-19)15-27(29)8-10-30(11-9-27)16-18-4-6-22(28)7-5-18/h4-7,13-14,19,21H,2-3,8-12,15-17H2,1H3. The molecule has 2 aromatic rings. The van der Waals surface area contributed by atoms with E-state index in [2.05, 4.69) is 4.90 Å². The van der Waals surface area contributed by atoms with E-state index in [4.69, 9.17) is 9.47 Å². The van der Waals surface area contributed by atoms with Gasteiger partial charge in [-0.05, 0) is 79.8 Å². The van der Waals surface area contributed by atoms with E-state index in [9.17, 15) is 9.18 Å². The zero-order valence-electron chi connectivity index (χ0n) is 19.1. The molecule has 176 valence electrons. The number of benzene rings is 2. The molecule has 6 heteroatoms. The molecule has 0 aromatic heterocycles. The SMILES string of the molecule is COc1cc2c(cc1OCC1CC1)C(=O)C(CC1(F)CCN(Cc3ccc(F)cc3)CC1)C2. The molecule has 2 aliphatic carbocycles. The first-order chi connectivity index (χ1) is 15.9. The van der Waals surface area contributed by atoms with E-state index in [0.717, 1.165) is 11.1 Å². The lowest BCUT2D eigenvalue weighted by molar-refractivity contribution is 0.0336. The minimum absolute atomic E-state index is 0.0229.